The van der Waals surface area contributed by atoms with Crippen LogP contribution in [0.3, 0.4) is 0 Å². The summed E-state index contributed by atoms with van der Waals surface area (Å²) in [5.74, 6) is -1.89. The molecule has 1 aromatic carbocycles. The van der Waals surface area contributed by atoms with E-state index in [0.717, 1.165) is 0 Å². The van der Waals surface area contributed by atoms with E-state index < -0.39 is 29.4 Å². The average molecular weight is 353 g/mol. The fourth-order valence-corrected chi connectivity index (χ4v) is 3.87. The number of carbonyl (C=O) groups excluding carboxylic acids is 2. The minimum absolute atomic E-state index is 0.225. The van der Waals surface area contributed by atoms with Crippen molar-refractivity contribution in [2.24, 2.45) is 0 Å². The molecule has 7 heteroatoms. The van der Waals surface area contributed by atoms with Gasteiger partial charge in [-0.25, -0.2) is 9.59 Å². The molecule has 4 rings (SSSR count). The largest absolute Gasteiger partial charge is 0.456 e. The molecule has 2 heterocycles. The number of halogens is 1. The molecule has 0 spiro atoms. The predicted octanol–water partition coefficient (Wildman–Crippen LogP) is 2.47. The van der Waals surface area contributed by atoms with Crippen LogP contribution in [0.1, 0.15) is 37.0 Å². The Morgan fingerprint density at radius 3 is 2.75 bits per heavy atom. The lowest BCUT2D eigenvalue weighted by atomic mass is 9.82. The van der Waals surface area contributed by atoms with Crippen molar-refractivity contribution in [3.63, 3.8) is 0 Å². The van der Waals surface area contributed by atoms with Gasteiger partial charge in [-0.15, -0.1) is 0 Å². The van der Waals surface area contributed by atoms with E-state index in [9.17, 15) is 9.59 Å². The maximum atomic E-state index is 12.5. The van der Waals surface area contributed by atoms with E-state index >= 15 is 0 Å². The van der Waals surface area contributed by atoms with Gasteiger partial charge in [-0.3, -0.25) is 0 Å². The van der Waals surface area contributed by atoms with Crippen LogP contribution in [0.2, 0.25) is 5.02 Å². The third-order valence-electron chi connectivity index (χ3n) is 4.63. The number of hydrogen-bond donors (Lipinski definition) is 0. The minimum atomic E-state index is -1.32. The zero-order chi connectivity index (χ0) is 17.1. The van der Waals surface area contributed by atoms with Crippen LogP contribution in [0, 0.1) is 0 Å². The maximum absolute atomic E-state index is 12.5. The fourth-order valence-electron chi connectivity index (χ4n) is 3.68. The van der Waals surface area contributed by atoms with E-state index in [1.165, 1.54) is 6.07 Å². The molecule has 24 heavy (non-hydrogen) atoms. The Kier molecular flexibility index (Phi) is 3.43. The average Bonchev–Trinajstić information content (AvgIpc) is 2.94. The molecule has 3 fully saturated rings. The first-order valence-electron chi connectivity index (χ1n) is 7.84. The summed E-state index contributed by atoms with van der Waals surface area (Å²) in [5, 5.41) is 0.423. The van der Waals surface area contributed by atoms with Gasteiger partial charge in [-0.05, 0) is 32.0 Å². The minimum Gasteiger partial charge on any atom is -0.456 e. The van der Waals surface area contributed by atoms with Gasteiger partial charge in [0.05, 0.1) is 11.7 Å². The summed E-state index contributed by atoms with van der Waals surface area (Å²) >= 11 is 5.91. The highest BCUT2D eigenvalue weighted by atomic mass is 35.5. The van der Waals surface area contributed by atoms with E-state index in [1.807, 2.05) is 13.8 Å². The molecule has 1 aromatic rings. The van der Waals surface area contributed by atoms with Crippen molar-refractivity contribution >= 4 is 23.5 Å². The van der Waals surface area contributed by atoms with Gasteiger partial charge in [0.25, 0.3) is 0 Å². The van der Waals surface area contributed by atoms with Crippen LogP contribution in [0.15, 0.2) is 24.3 Å². The summed E-state index contributed by atoms with van der Waals surface area (Å²) in [6.07, 6.45) is -0.645. The molecule has 0 amide bonds. The fraction of sp³-hybridized carbons (Fsp3) is 0.529. The van der Waals surface area contributed by atoms with Gasteiger partial charge in [0.1, 0.15) is 12.2 Å². The molecule has 4 atom stereocenters. The molecule has 1 aliphatic carbocycles. The van der Waals surface area contributed by atoms with Gasteiger partial charge in [-0.2, -0.15) is 0 Å². The molecular weight excluding hydrogens is 336 g/mol. The smallest absolute Gasteiger partial charge is 0.351 e. The van der Waals surface area contributed by atoms with Crippen molar-refractivity contribution in [1.29, 1.82) is 0 Å². The lowest BCUT2D eigenvalue weighted by molar-refractivity contribution is -0.172. The summed E-state index contributed by atoms with van der Waals surface area (Å²) in [6.45, 7) is 3.62. The maximum Gasteiger partial charge on any atom is 0.351 e. The number of hydrogen-bond acceptors (Lipinski definition) is 6. The molecule has 128 valence electrons. The molecule has 3 aliphatic rings. The normalized spacial score (nSPS) is 36.1. The van der Waals surface area contributed by atoms with Crippen molar-refractivity contribution < 1.29 is 28.5 Å². The van der Waals surface area contributed by atoms with E-state index in [-0.39, 0.29) is 25.0 Å². The Bertz CT molecular complexity index is 717. The first kappa shape index (κ1) is 15.9. The van der Waals surface area contributed by atoms with Crippen molar-refractivity contribution in [1.82, 2.24) is 0 Å². The van der Waals surface area contributed by atoms with Crippen molar-refractivity contribution in [3.05, 3.63) is 34.9 Å². The number of rotatable bonds is 2. The Hall–Kier alpha value is -1.63. The quantitative estimate of drug-likeness (QED) is 0.761. The van der Waals surface area contributed by atoms with Crippen LogP contribution < -0.4 is 0 Å². The number of benzene rings is 1. The standard InChI is InChI=1S/C17H17ClO6/c1-16(2)22-12-8-17(7-11(13(12)23-16)21-15(17)20)24-14(19)9-4-3-5-10(18)6-9/h3-6,11-13H,7-8H2,1-2H3/t11-,12+,13-,17+/m0/s1. The molecule has 2 bridgehead atoms. The zero-order valence-electron chi connectivity index (χ0n) is 13.3. The van der Waals surface area contributed by atoms with E-state index in [0.29, 0.717) is 10.6 Å². The van der Waals surface area contributed by atoms with Gasteiger partial charge in [0.2, 0.25) is 5.60 Å². The van der Waals surface area contributed by atoms with Crippen LogP contribution in [-0.2, 0) is 23.7 Å². The number of esters is 2. The second-order valence-corrected chi connectivity index (χ2v) is 7.32. The summed E-state index contributed by atoms with van der Waals surface area (Å²) < 4.78 is 22.7. The van der Waals surface area contributed by atoms with E-state index in [2.05, 4.69) is 0 Å². The lowest BCUT2D eigenvalue weighted by Gasteiger charge is -2.32. The van der Waals surface area contributed by atoms with Gasteiger partial charge in [0.15, 0.2) is 5.79 Å². The molecule has 1 saturated carbocycles. The molecule has 0 radical (unpaired) electrons. The van der Waals surface area contributed by atoms with Gasteiger partial charge < -0.3 is 18.9 Å². The monoisotopic (exact) mass is 352 g/mol. The molecule has 0 N–H and O–H groups in total. The molecule has 0 unspecified atom stereocenters. The van der Waals surface area contributed by atoms with Crippen LogP contribution in [-0.4, -0.2) is 41.6 Å². The van der Waals surface area contributed by atoms with Gasteiger partial charge in [-0.1, -0.05) is 17.7 Å². The topological polar surface area (TPSA) is 71.1 Å². The molecule has 2 saturated heterocycles. The number of fused-ring (bicyclic) bond motifs is 4. The summed E-state index contributed by atoms with van der Waals surface area (Å²) in [4.78, 5) is 24.8. The third-order valence-corrected chi connectivity index (χ3v) is 4.86. The zero-order valence-corrected chi connectivity index (χ0v) is 14.0. The number of ether oxygens (including phenoxy) is 4. The van der Waals surface area contributed by atoms with Crippen molar-refractivity contribution in [2.75, 3.05) is 0 Å². The highest BCUT2D eigenvalue weighted by molar-refractivity contribution is 6.30. The van der Waals surface area contributed by atoms with E-state index in [1.54, 1.807) is 18.2 Å². The first-order valence-corrected chi connectivity index (χ1v) is 8.21. The predicted molar refractivity (Wildman–Crippen MR) is 82.5 cm³/mol. The second-order valence-electron chi connectivity index (χ2n) is 6.88. The second kappa shape index (κ2) is 5.18. The van der Waals surface area contributed by atoms with Crippen LogP contribution >= 0.6 is 11.6 Å². The summed E-state index contributed by atoms with van der Waals surface area (Å²) in [5.41, 5.74) is -1.03. The number of carbonyl (C=O) groups is 2. The van der Waals surface area contributed by atoms with Crippen LogP contribution in [0.5, 0.6) is 0 Å². The lowest BCUT2D eigenvalue weighted by Crippen LogP contribution is -2.49. The van der Waals surface area contributed by atoms with Gasteiger partial charge in [0, 0.05) is 17.9 Å². The Morgan fingerprint density at radius 1 is 1.25 bits per heavy atom. The van der Waals surface area contributed by atoms with Crippen LogP contribution in [0.25, 0.3) is 0 Å². The highest BCUT2D eigenvalue weighted by Crippen LogP contribution is 2.48. The summed E-state index contributed by atoms with van der Waals surface area (Å²) in [6, 6.07) is 6.40. The molecule has 6 nitrogen and oxygen atoms in total. The van der Waals surface area contributed by atoms with E-state index in [4.69, 9.17) is 30.5 Å². The SMILES string of the molecule is CC1(C)O[C@H]2[C@@H]3C[C@@](OC(=O)c4cccc(Cl)c4)(C[C@H]2O1)C(=O)O3. The summed E-state index contributed by atoms with van der Waals surface area (Å²) in [7, 11) is 0. The van der Waals surface area contributed by atoms with Crippen molar-refractivity contribution in [2.45, 2.75) is 56.4 Å². The first-order chi connectivity index (χ1) is 11.3. The Labute approximate surface area is 144 Å². The highest BCUT2D eigenvalue weighted by Gasteiger charge is 2.65. The Balaban J connectivity index is 1.58. The third kappa shape index (κ3) is 2.49. The van der Waals surface area contributed by atoms with Crippen LogP contribution in [0.4, 0.5) is 0 Å². The Morgan fingerprint density at radius 2 is 2.00 bits per heavy atom. The molecular formula is C17H17ClO6. The molecule has 0 aromatic heterocycles. The molecule has 2 aliphatic heterocycles. The van der Waals surface area contributed by atoms with Crippen molar-refractivity contribution in [3.8, 4) is 0 Å². The van der Waals surface area contributed by atoms with Gasteiger partial charge >= 0.3 is 11.9 Å².